The second-order valence-electron chi connectivity index (χ2n) is 9.55. The fourth-order valence-electron chi connectivity index (χ4n) is 2.28. The van der Waals surface area contributed by atoms with Gasteiger partial charge in [0.2, 0.25) is 0 Å². The third kappa shape index (κ3) is 12.8. The monoisotopic (exact) mass is 452 g/mol. The van der Waals surface area contributed by atoms with Gasteiger partial charge in [0.25, 0.3) is 10.1 Å². The van der Waals surface area contributed by atoms with Crippen molar-refractivity contribution < 1.29 is 36.5 Å². The van der Waals surface area contributed by atoms with Gasteiger partial charge in [-0.15, -0.1) is 0 Å². The number of rotatable bonds is 9. The van der Waals surface area contributed by atoms with Crippen LogP contribution in [0.4, 0.5) is 9.59 Å². The largest absolute Gasteiger partial charge is 0.443 e. The summed E-state index contributed by atoms with van der Waals surface area (Å²) in [5.74, 6) is -0.320. The SMILES string of the molecule is CC(CN)(CC(=O)CCOS(C)(=O)=O)CN(C(=O)OC(C)(C)C)C(=O)OC(C)(C)C. The maximum absolute atomic E-state index is 12.6. The van der Waals surface area contributed by atoms with Crippen LogP contribution >= 0.6 is 0 Å². The molecule has 0 aliphatic carbocycles. The van der Waals surface area contributed by atoms with Crippen LogP contribution in [0.25, 0.3) is 0 Å². The third-order valence-electron chi connectivity index (χ3n) is 3.56. The Kier molecular flexibility index (Phi) is 9.94. The summed E-state index contributed by atoms with van der Waals surface area (Å²) in [5, 5.41) is 0. The third-order valence-corrected chi connectivity index (χ3v) is 4.16. The van der Waals surface area contributed by atoms with E-state index in [9.17, 15) is 22.8 Å². The van der Waals surface area contributed by atoms with Gasteiger partial charge in [0.1, 0.15) is 17.0 Å². The molecule has 11 heteroatoms. The molecule has 1 unspecified atom stereocenters. The molecular formula is C19H36N2O8S. The molecule has 176 valence electrons. The van der Waals surface area contributed by atoms with Crippen LogP contribution < -0.4 is 5.73 Å². The molecule has 0 saturated heterocycles. The number of carbonyl (C=O) groups excluding carboxylic acids is 3. The molecule has 0 aliphatic rings. The molecule has 10 nitrogen and oxygen atoms in total. The molecule has 0 heterocycles. The first-order chi connectivity index (χ1) is 13.3. The normalized spacial score (nSPS) is 14.6. The highest BCUT2D eigenvalue weighted by atomic mass is 32.2. The molecule has 1 atom stereocenters. The predicted octanol–water partition coefficient (Wildman–Crippen LogP) is 2.45. The summed E-state index contributed by atoms with van der Waals surface area (Å²) in [6.07, 6.45) is -1.19. The van der Waals surface area contributed by atoms with E-state index in [1.54, 1.807) is 48.5 Å². The number of amides is 2. The Bertz CT molecular complexity index is 694. The Hall–Kier alpha value is -1.72. The zero-order valence-corrected chi connectivity index (χ0v) is 20.1. The summed E-state index contributed by atoms with van der Waals surface area (Å²) in [5.41, 5.74) is 3.17. The lowest BCUT2D eigenvalue weighted by Gasteiger charge is -2.35. The van der Waals surface area contributed by atoms with Crippen molar-refractivity contribution in [2.75, 3.05) is 26.0 Å². The summed E-state index contributed by atoms with van der Waals surface area (Å²) >= 11 is 0. The zero-order valence-electron chi connectivity index (χ0n) is 19.2. The minimum Gasteiger partial charge on any atom is -0.443 e. The molecule has 0 spiro atoms. The highest BCUT2D eigenvalue weighted by Gasteiger charge is 2.37. The molecule has 30 heavy (non-hydrogen) atoms. The molecule has 0 fully saturated rings. The Morgan fingerprint density at radius 1 is 0.900 bits per heavy atom. The molecule has 0 saturated carbocycles. The van der Waals surface area contributed by atoms with Gasteiger partial charge in [0.05, 0.1) is 12.9 Å². The number of carbonyl (C=O) groups is 3. The van der Waals surface area contributed by atoms with Crippen molar-refractivity contribution in [3.8, 4) is 0 Å². The van der Waals surface area contributed by atoms with Gasteiger partial charge in [0, 0.05) is 24.8 Å². The van der Waals surface area contributed by atoms with E-state index in [0.29, 0.717) is 0 Å². The smallest absolute Gasteiger partial charge is 0.419 e. The van der Waals surface area contributed by atoms with Gasteiger partial charge in [-0.1, -0.05) is 6.92 Å². The number of imide groups is 1. The van der Waals surface area contributed by atoms with E-state index < -0.39 is 38.9 Å². The van der Waals surface area contributed by atoms with Gasteiger partial charge in [0.15, 0.2) is 0 Å². The first kappa shape index (κ1) is 28.3. The number of hydrogen-bond donors (Lipinski definition) is 1. The number of Topliss-reactive ketones (excluding diaryl/α,β-unsaturated/α-hetero) is 1. The lowest BCUT2D eigenvalue weighted by Crippen LogP contribution is -2.50. The van der Waals surface area contributed by atoms with Crippen molar-refractivity contribution in [1.29, 1.82) is 0 Å². The van der Waals surface area contributed by atoms with Gasteiger partial charge >= 0.3 is 12.2 Å². The summed E-state index contributed by atoms with van der Waals surface area (Å²) in [4.78, 5) is 38.4. The Labute approximate surface area is 179 Å². The van der Waals surface area contributed by atoms with E-state index in [1.807, 2.05) is 0 Å². The zero-order chi connectivity index (χ0) is 24.0. The average molecular weight is 453 g/mol. The molecule has 2 N–H and O–H groups in total. The van der Waals surface area contributed by atoms with Crippen molar-refractivity contribution in [1.82, 2.24) is 4.90 Å². The van der Waals surface area contributed by atoms with E-state index in [4.69, 9.17) is 15.2 Å². The lowest BCUT2D eigenvalue weighted by molar-refractivity contribution is -0.121. The highest BCUT2D eigenvalue weighted by Crippen LogP contribution is 2.25. The maximum atomic E-state index is 12.6. The van der Waals surface area contributed by atoms with Crippen LogP contribution in [0.2, 0.25) is 0 Å². The van der Waals surface area contributed by atoms with E-state index in [2.05, 4.69) is 4.18 Å². The van der Waals surface area contributed by atoms with E-state index in [0.717, 1.165) is 11.2 Å². The first-order valence-electron chi connectivity index (χ1n) is 9.57. The predicted molar refractivity (Wildman–Crippen MR) is 111 cm³/mol. The second kappa shape index (κ2) is 10.5. The van der Waals surface area contributed by atoms with Crippen LogP contribution in [0.3, 0.4) is 0 Å². The molecule has 0 aromatic heterocycles. The summed E-state index contributed by atoms with van der Waals surface area (Å²) in [6.45, 7) is 11.1. The van der Waals surface area contributed by atoms with E-state index in [-0.39, 0.29) is 38.3 Å². The molecule has 0 rings (SSSR count). The number of ketones is 1. The van der Waals surface area contributed by atoms with Crippen LogP contribution in [0.15, 0.2) is 0 Å². The number of nitrogens with zero attached hydrogens (tertiary/aromatic N) is 1. The Morgan fingerprint density at radius 2 is 1.33 bits per heavy atom. The fourth-order valence-corrected chi connectivity index (χ4v) is 2.67. The van der Waals surface area contributed by atoms with Crippen LogP contribution in [0.5, 0.6) is 0 Å². The van der Waals surface area contributed by atoms with Crippen molar-refractivity contribution in [2.45, 2.75) is 72.5 Å². The van der Waals surface area contributed by atoms with Gasteiger partial charge < -0.3 is 15.2 Å². The van der Waals surface area contributed by atoms with Crippen molar-refractivity contribution in [3.63, 3.8) is 0 Å². The highest BCUT2D eigenvalue weighted by molar-refractivity contribution is 7.85. The molecule has 0 aromatic carbocycles. The van der Waals surface area contributed by atoms with Crippen LogP contribution in [-0.2, 0) is 28.6 Å². The maximum Gasteiger partial charge on any atom is 0.419 e. The van der Waals surface area contributed by atoms with Gasteiger partial charge in [-0.2, -0.15) is 8.42 Å². The van der Waals surface area contributed by atoms with Crippen molar-refractivity contribution in [2.24, 2.45) is 11.1 Å². The summed E-state index contributed by atoms with van der Waals surface area (Å²) in [6, 6.07) is 0. The number of nitrogens with two attached hydrogens (primary N) is 1. The van der Waals surface area contributed by atoms with Crippen molar-refractivity contribution in [3.05, 3.63) is 0 Å². The molecule has 0 bridgehead atoms. The van der Waals surface area contributed by atoms with Gasteiger partial charge in [-0.05, 0) is 48.1 Å². The van der Waals surface area contributed by atoms with E-state index in [1.165, 1.54) is 0 Å². The van der Waals surface area contributed by atoms with Crippen LogP contribution in [0, 0.1) is 5.41 Å². The Balaban J connectivity index is 5.43. The van der Waals surface area contributed by atoms with Crippen LogP contribution in [0.1, 0.15) is 61.3 Å². The molecule has 0 aromatic rings. The minimum absolute atomic E-state index is 0.0201. The second-order valence-corrected chi connectivity index (χ2v) is 11.2. The number of ether oxygens (including phenoxy) is 2. The molecular weight excluding hydrogens is 416 g/mol. The van der Waals surface area contributed by atoms with Gasteiger partial charge in [-0.25, -0.2) is 14.5 Å². The summed E-state index contributed by atoms with van der Waals surface area (Å²) < 4.78 is 37.2. The van der Waals surface area contributed by atoms with E-state index >= 15 is 0 Å². The van der Waals surface area contributed by atoms with Crippen molar-refractivity contribution >= 4 is 28.1 Å². The molecule has 0 radical (unpaired) electrons. The molecule has 0 aliphatic heterocycles. The average Bonchev–Trinajstić information content (AvgIpc) is 2.47. The Morgan fingerprint density at radius 3 is 1.67 bits per heavy atom. The quantitative estimate of drug-likeness (QED) is 0.522. The standard InChI is InChI=1S/C19H36N2O8S/c1-17(2,3)28-15(23)21(16(24)29-18(4,5)6)13-19(7,12-20)11-14(22)9-10-27-30(8,25)26/h9-13,20H2,1-8H3. The minimum atomic E-state index is -3.65. The topological polar surface area (TPSA) is 142 Å². The first-order valence-corrected chi connectivity index (χ1v) is 11.4. The number of hydrogen-bond acceptors (Lipinski definition) is 9. The molecule has 2 amide bonds. The van der Waals surface area contributed by atoms with Gasteiger partial charge in [-0.3, -0.25) is 8.98 Å². The summed E-state index contributed by atoms with van der Waals surface area (Å²) in [7, 11) is -3.65. The lowest BCUT2D eigenvalue weighted by atomic mass is 9.84. The fraction of sp³-hybridized carbons (Fsp3) is 0.842. The van der Waals surface area contributed by atoms with Crippen LogP contribution in [-0.4, -0.2) is 68.4 Å².